The van der Waals surface area contributed by atoms with E-state index in [1.54, 1.807) is 4.90 Å². The van der Waals surface area contributed by atoms with Gasteiger partial charge in [-0.15, -0.1) is 0 Å². The van der Waals surface area contributed by atoms with Crippen LogP contribution >= 0.6 is 0 Å². The summed E-state index contributed by atoms with van der Waals surface area (Å²) in [4.78, 5) is 26.7. The third kappa shape index (κ3) is 5.92. The number of methoxy groups -OCH3 is 1. The predicted molar refractivity (Wildman–Crippen MR) is 70.8 cm³/mol. The van der Waals surface area contributed by atoms with Gasteiger partial charge in [-0.05, 0) is 5.92 Å². The number of amides is 1. The Labute approximate surface area is 114 Å². The van der Waals surface area contributed by atoms with Crippen molar-refractivity contribution in [3.8, 4) is 0 Å². The van der Waals surface area contributed by atoms with E-state index in [1.807, 2.05) is 13.8 Å². The van der Waals surface area contributed by atoms with Crippen molar-refractivity contribution in [3.63, 3.8) is 0 Å². The normalized spacial score (nSPS) is 16.5. The molecule has 0 aromatic heterocycles. The molecular weight excluding hydrogens is 248 g/mol. The molecule has 6 heteroatoms. The summed E-state index contributed by atoms with van der Waals surface area (Å²) in [5.41, 5.74) is 0. The van der Waals surface area contributed by atoms with Crippen molar-refractivity contribution in [3.05, 3.63) is 0 Å². The first-order chi connectivity index (χ1) is 9.02. The first kappa shape index (κ1) is 15.8. The Morgan fingerprint density at radius 1 is 1.16 bits per heavy atom. The van der Waals surface area contributed by atoms with Gasteiger partial charge >= 0.3 is 12.1 Å². The van der Waals surface area contributed by atoms with Gasteiger partial charge in [-0.3, -0.25) is 9.69 Å². The van der Waals surface area contributed by atoms with Crippen molar-refractivity contribution in [2.24, 2.45) is 5.92 Å². The monoisotopic (exact) mass is 272 g/mol. The van der Waals surface area contributed by atoms with E-state index in [-0.39, 0.29) is 12.1 Å². The van der Waals surface area contributed by atoms with Gasteiger partial charge in [-0.1, -0.05) is 13.8 Å². The van der Waals surface area contributed by atoms with Gasteiger partial charge in [0.2, 0.25) is 0 Å². The molecule has 0 aromatic rings. The zero-order valence-corrected chi connectivity index (χ0v) is 12.1. The summed E-state index contributed by atoms with van der Waals surface area (Å²) in [6.45, 7) is 8.01. The SMILES string of the molecule is COC(=O)CCN1CCN(C(=O)OCC(C)C)CC1. The molecule has 1 amide bonds. The smallest absolute Gasteiger partial charge is 0.409 e. The molecule has 0 spiro atoms. The summed E-state index contributed by atoms with van der Waals surface area (Å²) in [6, 6.07) is 0. The van der Waals surface area contributed by atoms with Gasteiger partial charge in [-0.25, -0.2) is 4.79 Å². The molecule has 0 saturated carbocycles. The highest BCUT2D eigenvalue weighted by molar-refractivity contribution is 5.69. The lowest BCUT2D eigenvalue weighted by molar-refractivity contribution is -0.141. The molecule has 1 saturated heterocycles. The van der Waals surface area contributed by atoms with Gasteiger partial charge < -0.3 is 14.4 Å². The maximum atomic E-state index is 11.7. The van der Waals surface area contributed by atoms with Crippen LogP contribution in [-0.4, -0.2) is 68.3 Å². The standard InChI is InChI=1S/C13H24N2O4/c1-11(2)10-19-13(17)15-8-6-14(7-9-15)5-4-12(16)18-3/h11H,4-10H2,1-3H3. The fourth-order valence-electron chi connectivity index (χ4n) is 1.83. The molecule has 0 unspecified atom stereocenters. The van der Waals surface area contributed by atoms with Crippen molar-refractivity contribution in [1.29, 1.82) is 0 Å². The molecule has 0 bridgehead atoms. The van der Waals surface area contributed by atoms with Crippen LogP contribution in [0.2, 0.25) is 0 Å². The number of esters is 1. The van der Waals surface area contributed by atoms with Crippen LogP contribution in [0.25, 0.3) is 0 Å². The molecule has 110 valence electrons. The van der Waals surface area contributed by atoms with Crippen LogP contribution in [0.5, 0.6) is 0 Å². The van der Waals surface area contributed by atoms with Gasteiger partial charge in [0, 0.05) is 32.7 Å². The van der Waals surface area contributed by atoms with E-state index < -0.39 is 0 Å². The van der Waals surface area contributed by atoms with E-state index in [1.165, 1.54) is 7.11 Å². The van der Waals surface area contributed by atoms with Crippen LogP contribution < -0.4 is 0 Å². The van der Waals surface area contributed by atoms with Crippen molar-refractivity contribution in [1.82, 2.24) is 9.80 Å². The zero-order chi connectivity index (χ0) is 14.3. The molecule has 6 nitrogen and oxygen atoms in total. The molecule has 1 aliphatic rings. The number of ether oxygens (including phenoxy) is 2. The number of piperazine rings is 1. The lowest BCUT2D eigenvalue weighted by Gasteiger charge is -2.33. The molecule has 0 N–H and O–H groups in total. The number of rotatable bonds is 5. The number of carbonyl (C=O) groups is 2. The Morgan fingerprint density at radius 2 is 1.79 bits per heavy atom. The van der Waals surface area contributed by atoms with Gasteiger partial charge in [0.15, 0.2) is 0 Å². The minimum Gasteiger partial charge on any atom is -0.469 e. The van der Waals surface area contributed by atoms with Crippen molar-refractivity contribution < 1.29 is 19.1 Å². The first-order valence-electron chi connectivity index (χ1n) is 6.73. The summed E-state index contributed by atoms with van der Waals surface area (Å²) < 4.78 is 9.79. The van der Waals surface area contributed by atoms with Gasteiger partial charge in [0.1, 0.15) is 0 Å². The van der Waals surface area contributed by atoms with Crippen LogP contribution in [0, 0.1) is 5.92 Å². The third-order valence-corrected chi connectivity index (χ3v) is 3.03. The fraction of sp³-hybridized carbons (Fsp3) is 0.846. The Morgan fingerprint density at radius 3 is 2.32 bits per heavy atom. The van der Waals surface area contributed by atoms with E-state index in [4.69, 9.17) is 4.74 Å². The Kier molecular flexibility index (Phi) is 6.62. The summed E-state index contributed by atoms with van der Waals surface area (Å²) in [5, 5.41) is 0. The van der Waals surface area contributed by atoms with Crippen LogP contribution in [0.1, 0.15) is 20.3 Å². The second-order valence-electron chi connectivity index (χ2n) is 5.13. The minimum atomic E-state index is -0.235. The van der Waals surface area contributed by atoms with E-state index in [2.05, 4.69) is 9.64 Å². The van der Waals surface area contributed by atoms with E-state index >= 15 is 0 Å². The Hall–Kier alpha value is -1.30. The molecule has 19 heavy (non-hydrogen) atoms. The molecule has 1 fully saturated rings. The largest absolute Gasteiger partial charge is 0.469 e. The first-order valence-corrected chi connectivity index (χ1v) is 6.73. The summed E-state index contributed by atoms with van der Waals surface area (Å²) in [5.74, 6) is 0.157. The summed E-state index contributed by atoms with van der Waals surface area (Å²) in [6.07, 6.45) is 0.162. The second-order valence-corrected chi connectivity index (χ2v) is 5.13. The summed E-state index contributed by atoms with van der Waals surface area (Å²) in [7, 11) is 1.39. The maximum Gasteiger partial charge on any atom is 0.409 e. The van der Waals surface area contributed by atoms with Crippen molar-refractivity contribution in [2.75, 3.05) is 46.4 Å². The number of carbonyl (C=O) groups excluding carboxylic acids is 2. The van der Waals surface area contributed by atoms with Gasteiger partial charge in [0.05, 0.1) is 20.1 Å². The van der Waals surface area contributed by atoms with Crippen LogP contribution in [0.4, 0.5) is 4.79 Å². The van der Waals surface area contributed by atoms with Crippen LogP contribution in [-0.2, 0) is 14.3 Å². The lowest BCUT2D eigenvalue weighted by Crippen LogP contribution is -2.49. The van der Waals surface area contributed by atoms with Crippen LogP contribution in [0.3, 0.4) is 0 Å². The van der Waals surface area contributed by atoms with Crippen molar-refractivity contribution in [2.45, 2.75) is 20.3 Å². The van der Waals surface area contributed by atoms with E-state index in [0.29, 0.717) is 38.6 Å². The molecule has 0 aromatic carbocycles. The molecular formula is C13H24N2O4. The topological polar surface area (TPSA) is 59.1 Å². The highest BCUT2D eigenvalue weighted by Gasteiger charge is 2.22. The molecule has 1 rings (SSSR count). The second kappa shape index (κ2) is 7.99. The van der Waals surface area contributed by atoms with Crippen molar-refractivity contribution >= 4 is 12.1 Å². The highest BCUT2D eigenvalue weighted by atomic mass is 16.6. The quantitative estimate of drug-likeness (QED) is 0.698. The molecule has 1 heterocycles. The summed E-state index contributed by atoms with van der Waals surface area (Å²) >= 11 is 0. The zero-order valence-electron chi connectivity index (χ0n) is 12.1. The fourth-order valence-corrected chi connectivity index (χ4v) is 1.83. The molecule has 1 aliphatic heterocycles. The number of hydrogen-bond donors (Lipinski definition) is 0. The minimum absolute atomic E-state index is 0.196. The Balaban J connectivity index is 2.21. The molecule has 0 aliphatic carbocycles. The maximum absolute atomic E-state index is 11.7. The molecule has 0 atom stereocenters. The van der Waals surface area contributed by atoms with Gasteiger partial charge in [-0.2, -0.15) is 0 Å². The Bertz CT molecular complexity index is 299. The van der Waals surface area contributed by atoms with E-state index in [0.717, 1.165) is 13.1 Å². The highest BCUT2D eigenvalue weighted by Crippen LogP contribution is 2.06. The average Bonchev–Trinajstić information content (AvgIpc) is 2.42. The molecule has 0 radical (unpaired) electrons. The number of hydrogen-bond acceptors (Lipinski definition) is 5. The van der Waals surface area contributed by atoms with Crippen LogP contribution in [0.15, 0.2) is 0 Å². The van der Waals surface area contributed by atoms with Gasteiger partial charge in [0.25, 0.3) is 0 Å². The third-order valence-electron chi connectivity index (χ3n) is 3.03. The van der Waals surface area contributed by atoms with E-state index in [9.17, 15) is 9.59 Å². The average molecular weight is 272 g/mol. The predicted octanol–water partition coefficient (Wildman–Crippen LogP) is 0.960. The lowest BCUT2D eigenvalue weighted by atomic mass is 10.2. The number of nitrogens with zero attached hydrogens (tertiary/aromatic N) is 2.